The first-order chi connectivity index (χ1) is 10.9. The van der Waals surface area contributed by atoms with E-state index in [0.29, 0.717) is 6.54 Å². The SMILES string of the molecule is CC(C)(C)c1ccc(NC(=O)N2CCc3ccccc3C2)cc1. The summed E-state index contributed by atoms with van der Waals surface area (Å²) < 4.78 is 0. The molecule has 0 saturated heterocycles. The summed E-state index contributed by atoms with van der Waals surface area (Å²) in [5, 5.41) is 3.01. The number of fused-ring (bicyclic) bond motifs is 1. The predicted octanol–water partition coefficient (Wildman–Crippen LogP) is 4.57. The molecule has 1 aliphatic heterocycles. The summed E-state index contributed by atoms with van der Waals surface area (Å²) in [4.78, 5) is 14.3. The number of hydrogen-bond acceptors (Lipinski definition) is 1. The lowest BCUT2D eigenvalue weighted by Gasteiger charge is -2.29. The third-order valence-electron chi connectivity index (χ3n) is 4.42. The zero-order chi connectivity index (χ0) is 16.4. The van der Waals surface area contributed by atoms with E-state index in [1.807, 2.05) is 23.1 Å². The summed E-state index contributed by atoms with van der Waals surface area (Å²) >= 11 is 0. The molecule has 1 heterocycles. The highest BCUT2D eigenvalue weighted by molar-refractivity contribution is 5.89. The summed E-state index contributed by atoms with van der Waals surface area (Å²) in [6.45, 7) is 8.01. The Labute approximate surface area is 138 Å². The van der Waals surface area contributed by atoms with Gasteiger partial charge in [0.05, 0.1) is 0 Å². The number of nitrogens with zero attached hydrogens (tertiary/aromatic N) is 1. The van der Waals surface area contributed by atoms with E-state index in [-0.39, 0.29) is 11.4 Å². The maximum Gasteiger partial charge on any atom is 0.322 e. The summed E-state index contributed by atoms with van der Waals surface area (Å²) in [5.74, 6) is 0. The van der Waals surface area contributed by atoms with Crippen LogP contribution in [0.1, 0.15) is 37.5 Å². The van der Waals surface area contributed by atoms with Gasteiger partial charge in [0, 0.05) is 18.8 Å². The fraction of sp³-hybridized carbons (Fsp3) is 0.350. The summed E-state index contributed by atoms with van der Waals surface area (Å²) in [7, 11) is 0. The van der Waals surface area contributed by atoms with Gasteiger partial charge in [-0.05, 0) is 40.7 Å². The largest absolute Gasteiger partial charge is 0.322 e. The summed E-state index contributed by atoms with van der Waals surface area (Å²) in [6, 6.07) is 16.5. The number of carbonyl (C=O) groups is 1. The lowest BCUT2D eigenvalue weighted by Crippen LogP contribution is -2.38. The van der Waals surface area contributed by atoms with E-state index in [9.17, 15) is 4.79 Å². The van der Waals surface area contributed by atoms with Gasteiger partial charge in [0.1, 0.15) is 0 Å². The van der Waals surface area contributed by atoms with E-state index >= 15 is 0 Å². The van der Waals surface area contributed by atoms with Gasteiger partial charge in [0.2, 0.25) is 0 Å². The van der Waals surface area contributed by atoms with Crippen LogP contribution in [0.15, 0.2) is 48.5 Å². The van der Waals surface area contributed by atoms with Gasteiger partial charge in [0.15, 0.2) is 0 Å². The predicted molar refractivity (Wildman–Crippen MR) is 94.7 cm³/mol. The molecule has 1 aliphatic rings. The molecule has 3 rings (SSSR count). The van der Waals surface area contributed by atoms with Crippen molar-refractivity contribution in [2.24, 2.45) is 0 Å². The van der Waals surface area contributed by atoms with Gasteiger partial charge in [-0.1, -0.05) is 57.2 Å². The molecule has 0 unspecified atom stereocenters. The molecule has 0 atom stereocenters. The minimum atomic E-state index is -0.0250. The number of benzene rings is 2. The van der Waals surface area contributed by atoms with Gasteiger partial charge >= 0.3 is 6.03 Å². The second-order valence-corrected chi connectivity index (χ2v) is 7.20. The normalized spacial score (nSPS) is 14.3. The molecule has 0 aliphatic carbocycles. The van der Waals surface area contributed by atoms with Crippen molar-refractivity contribution >= 4 is 11.7 Å². The quantitative estimate of drug-likeness (QED) is 0.822. The molecule has 2 aromatic carbocycles. The number of rotatable bonds is 1. The maximum absolute atomic E-state index is 12.5. The van der Waals surface area contributed by atoms with E-state index in [1.54, 1.807) is 0 Å². The van der Waals surface area contributed by atoms with Crippen molar-refractivity contribution in [3.05, 3.63) is 65.2 Å². The first-order valence-corrected chi connectivity index (χ1v) is 8.17. The molecule has 120 valence electrons. The number of amides is 2. The van der Waals surface area contributed by atoms with Crippen LogP contribution in [0.4, 0.5) is 10.5 Å². The molecular formula is C20H24N2O. The highest BCUT2D eigenvalue weighted by atomic mass is 16.2. The molecule has 0 aromatic heterocycles. The molecule has 1 N–H and O–H groups in total. The van der Waals surface area contributed by atoms with Crippen molar-refractivity contribution in [1.29, 1.82) is 0 Å². The van der Waals surface area contributed by atoms with Crippen LogP contribution < -0.4 is 5.32 Å². The topological polar surface area (TPSA) is 32.3 Å². The van der Waals surface area contributed by atoms with Crippen LogP contribution in [0.5, 0.6) is 0 Å². The van der Waals surface area contributed by atoms with Crippen LogP contribution in [-0.4, -0.2) is 17.5 Å². The standard InChI is InChI=1S/C20H24N2O/c1-20(2,3)17-8-10-18(11-9-17)21-19(23)22-13-12-15-6-4-5-7-16(15)14-22/h4-11H,12-14H2,1-3H3,(H,21,23). The minimum absolute atomic E-state index is 0.0250. The first-order valence-electron chi connectivity index (χ1n) is 8.17. The van der Waals surface area contributed by atoms with Gasteiger partial charge < -0.3 is 10.2 Å². The highest BCUT2D eigenvalue weighted by Crippen LogP contribution is 2.24. The Kier molecular flexibility index (Phi) is 4.12. The Morgan fingerprint density at radius 2 is 1.65 bits per heavy atom. The van der Waals surface area contributed by atoms with Crippen LogP contribution in [-0.2, 0) is 18.4 Å². The van der Waals surface area contributed by atoms with Crippen LogP contribution >= 0.6 is 0 Å². The molecular weight excluding hydrogens is 284 g/mol. The van der Waals surface area contributed by atoms with Gasteiger partial charge in [-0.15, -0.1) is 0 Å². The average molecular weight is 308 g/mol. The molecule has 0 spiro atoms. The number of hydrogen-bond donors (Lipinski definition) is 1. The van der Waals surface area contributed by atoms with Crippen molar-refractivity contribution in [3.8, 4) is 0 Å². The van der Waals surface area contributed by atoms with Crippen molar-refractivity contribution in [3.63, 3.8) is 0 Å². The highest BCUT2D eigenvalue weighted by Gasteiger charge is 2.20. The summed E-state index contributed by atoms with van der Waals surface area (Å²) in [6.07, 6.45) is 0.923. The van der Waals surface area contributed by atoms with Crippen LogP contribution in [0, 0.1) is 0 Å². The van der Waals surface area contributed by atoms with Crippen LogP contribution in [0.25, 0.3) is 0 Å². The van der Waals surface area contributed by atoms with Gasteiger partial charge in [-0.2, -0.15) is 0 Å². The van der Waals surface area contributed by atoms with Crippen molar-refractivity contribution in [2.45, 2.75) is 39.2 Å². The number of urea groups is 1. The Balaban J connectivity index is 1.66. The molecule has 0 fully saturated rings. The lowest BCUT2D eigenvalue weighted by molar-refractivity contribution is 0.206. The molecule has 0 saturated carbocycles. The van der Waals surface area contributed by atoms with Crippen molar-refractivity contribution in [2.75, 3.05) is 11.9 Å². The smallest absolute Gasteiger partial charge is 0.320 e. The molecule has 2 aromatic rings. The molecule has 23 heavy (non-hydrogen) atoms. The van der Waals surface area contributed by atoms with E-state index in [1.165, 1.54) is 16.7 Å². The van der Waals surface area contributed by atoms with Crippen LogP contribution in [0.3, 0.4) is 0 Å². The summed E-state index contributed by atoms with van der Waals surface area (Å²) in [5.41, 5.74) is 4.84. The Morgan fingerprint density at radius 3 is 2.30 bits per heavy atom. The molecule has 0 radical (unpaired) electrons. The van der Waals surface area contributed by atoms with Crippen molar-refractivity contribution in [1.82, 2.24) is 4.90 Å². The Morgan fingerprint density at radius 1 is 1.00 bits per heavy atom. The Hall–Kier alpha value is -2.29. The van der Waals surface area contributed by atoms with Gasteiger partial charge in [-0.3, -0.25) is 0 Å². The van der Waals surface area contributed by atoms with E-state index in [0.717, 1.165) is 18.7 Å². The second kappa shape index (κ2) is 6.07. The molecule has 0 bridgehead atoms. The number of carbonyl (C=O) groups excluding carboxylic acids is 1. The average Bonchev–Trinajstić information content (AvgIpc) is 2.54. The minimum Gasteiger partial charge on any atom is -0.320 e. The third kappa shape index (κ3) is 3.55. The van der Waals surface area contributed by atoms with E-state index < -0.39 is 0 Å². The van der Waals surface area contributed by atoms with Crippen molar-refractivity contribution < 1.29 is 4.79 Å². The monoisotopic (exact) mass is 308 g/mol. The molecule has 2 amide bonds. The number of nitrogens with one attached hydrogen (secondary N) is 1. The zero-order valence-electron chi connectivity index (χ0n) is 14.1. The second-order valence-electron chi connectivity index (χ2n) is 7.20. The van der Waals surface area contributed by atoms with Gasteiger partial charge in [0.25, 0.3) is 0 Å². The third-order valence-corrected chi connectivity index (χ3v) is 4.42. The molecule has 3 heteroatoms. The van der Waals surface area contributed by atoms with E-state index in [2.05, 4.69) is 56.4 Å². The maximum atomic E-state index is 12.5. The van der Waals surface area contributed by atoms with E-state index in [4.69, 9.17) is 0 Å². The number of anilines is 1. The lowest BCUT2D eigenvalue weighted by atomic mass is 9.87. The molecule has 3 nitrogen and oxygen atoms in total. The fourth-order valence-electron chi connectivity index (χ4n) is 2.93. The fourth-order valence-corrected chi connectivity index (χ4v) is 2.93. The van der Waals surface area contributed by atoms with Crippen LogP contribution in [0.2, 0.25) is 0 Å². The zero-order valence-corrected chi connectivity index (χ0v) is 14.1. The first kappa shape index (κ1) is 15.6. The van der Waals surface area contributed by atoms with Gasteiger partial charge in [-0.25, -0.2) is 4.79 Å². The Bertz CT molecular complexity index is 698.